The maximum atomic E-state index is 13.6. The van der Waals surface area contributed by atoms with Gasteiger partial charge in [0.15, 0.2) is 21.5 Å². The first-order valence-corrected chi connectivity index (χ1v) is 13.8. The van der Waals surface area contributed by atoms with Gasteiger partial charge in [0.05, 0.1) is 23.1 Å². The summed E-state index contributed by atoms with van der Waals surface area (Å²) < 4.78 is 40.1. The van der Waals surface area contributed by atoms with Crippen molar-refractivity contribution in [3.63, 3.8) is 0 Å². The molecule has 0 radical (unpaired) electrons. The molecule has 3 heterocycles. The van der Waals surface area contributed by atoms with Crippen LogP contribution in [0.1, 0.15) is 67.8 Å². The minimum absolute atomic E-state index is 0.187. The smallest absolute Gasteiger partial charge is 0.241 e. The molecule has 0 N–H and O–H groups in total. The first-order valence-electron chi connectivity index (χ1n) is 11.7. The lowest BCUT2D eigenvalue weighted by Crippen LogP contribution is -2.30. The van der Waals surface area contributed by atoms with Crippen LogP contribution < -0.4 is 4.74 Å². The van der Waals surface area contributed by atoms with Gasteiger partial charge >= 0.3 is 0 Å². The van der Waals surface area contributed by atoms with Gasteiger partial charge in [-0.1, -0.05) is 11.6 Å². The molecule has 2 saturated carbocycles. The van der Waals surface area contributed by atoms with Crippen LogP contribution in [0.2, 0.25) is 5.02 Å². The van der Waals surface area contributed by atoms with Crippen LogP contribution in [0.5, 0.6) is 5.88 Å². The van der Waals surface area contributed by atoms with Crippen LogP contribution in [0.15, 0.2) is 18.7 Å². The van der Waals surface area contributed by atoms with Crippen molar-refractivity contribution in [2.45, 2.75) is 62.6 Å². The number of rotatable bonds is 9. The molecule has 0 amide bonds. The summed E-state index contributed by atoms with van der Waals surface area (Å²) in [6, 6.07) is 0. The van der Waals surface area contributed by atoms with Gasteiger partial charge in [-0.2, -0.15) is 4.98 Å². The third-order valence-electron chi connectivity index (χ3n) is 7.30. The van der Waals surface area contributed by atoms with E-state index in [9.17, 15) is 8.42 Å². The van der Waals surface area contributed by atoms with Crippen LogP contribution >= 0.6 is 11.6 Å². The van der Waals surface area contributed by atoms with Crippen molar-refractivity contribution in [3.8, 4) is 11.6 Å². The molecule has 2 aliphatic carbocycles. The Morgan fingerprint density at radius 1 is 1.14 bits per heavy atom. The van der Waals surface area contributed by atoms with Crippen molar-refractivity contribution in [1.29, 1.82) is 0 Å². The Kier molecular flexibility index (Phi) is 6.46. The van der Waals surface area contributed by atoms with E-state index in [1.165, 1.54) is 45.8 Å². The molecule has 0 bridgehead atoms. The third kappa shape index (κ3) is 4.46. The fourth-order valence-electron chi connectivity index (χ4n) is 5.01. The molecule has 3 aromatic rings. The molecule has 0 unspecified atom stereocenters. The Morgan fingerprint density at radius 2 is 1.83 bits per heavy atom. The van der Waals surface area contributed by atoms with Crippen LogP contribution in [-0.2, 0) is 20.3 Å². The molecule has 2 aliphatic rings. The number of aromatic nitrogens is 7. The summed E-state index contributed by atoms with van der Waals surface area (Å²) in [6.07, 6.45) is 7.85. The summed E-state index contributed by atoms with van der Waals surface area (Å²) in [4.78, 5) is 16.9. The van der Waals surface area contributed by atoms with Crippen molar-refractivity contribution < 1.29 is 17.9 Å². The van der Waals surface area contributed by atoms with Crippen molar-refractivity contribution in [1.82, 2.24) is 34.7 Å². The molecule has 0 aliphatic heterocycles. The first-order chi connectivity index (χ1) is 17.2. The molecule has 11 nitrogen and oxygen atoms in total. The average Bonchev–Trinajstić information content (AvgIpc) is 3.55. The van der Waals surface area contributed by atoms with Gasteiger partial charge in [-0.25, -0.2) is 23.4 Å². The topological polar surface area (TPSA) is 135 Å². The monoisotopic (exact) mass is 533 g/mol. The van der Waals surface area contributed by atoms with Crippen LogP contribution in [-0.4, -0.2) is 62.6 Å². The van der Waals surface area contributed by atoms with E-state index in [-0.39, 0.29) is 23.3 Å². The highest BCUT2D eigenvalue weighted by Gasteiger charge is 2.54. The molecular weight excluding hydrogens is 506 g/mol. The number of nitrogens with zero attached hydrogens (tertiary/aromatic N) is 7. The number of aryl methyl sites for hydroxylation is 1. The first kappa shape index (κ1) is 25.0. The highest BCUT2D eigenvalue weighted by Crippen LogP contribution is 2.66. The van der Waals surface area contributed by atoms with Crippen molar-refractivity contribution in [3.05, 3.63) is 46.9 Å². The molecule has 0 aromatic carbocycles. The van der Waals surface area contributed by atoms with Crippen LogP contribution in [0.3, 0.4) is 0 Å². The molecule has 2 fully saturated rings. The predicted molar refractivity (Wildman–Crippen MR) is 131 cm³/mol. The Bertz CT molecular complexity index is 1370. The average molecular weight is 534 g/mol. The lowest BCUT2D eigenvalue weighted by atomic mass is 9.71. The Hall–Kier alpha value is -2.70. The molecular formula is C23H28ClN7O4S. The SMILES string of the molecule is COc1ncnc(C)c1-n1c(CS(=O)(=O)[C@@H](C)[C@H](OC)c2ncc(Cl)cn2)nnc1C1CC2(CC2)C1. The summed E-state index contributed by atoms with van der Waals surface area (Å²) in [5.41, 5.74) is 1.62. The summed E-state index contributed by atoms with van der Waals surface area (Å²) in [5.74, 6) is 1.37. The van der Waals surface area contributed by atoms with Crippen LogP contribution in [0.25, 0.3) is 5.69 Å². The number of hydrogen-bond acceptors (Lipinski definition) is 10. The van der Waals surface area contributed by atoms with Crippen LogP contribution in [0.4, 0.5) is 0 Å². The van der Waals surface area contributed by atoms with E-state index in [0.717, 1.165) is 12.8 Å². The number of halogens is 1. The molecule has 36 heavy (non-hydrogen) atoms. The third-order valence-corrected chi connectivity index (χ3v) is 9.53. The van der Waals surface area contributed by atoms with Gasteiger partial charge in [0.1, 0.15) is 29.7 Å². The van der Waals surface area contributed by atoms with Crippen molar-refractivity contribution in [2.75, 3.05) is 14.2 Å². The minimum atomic E-state index is -3.80. The van der Waals surface area contributed by atoms with Gasteiger partial charge in [-0.05, 0) is 44.9 Å². The highest BCUT2D eigenvalue weighted by molar-refractivity contribution is 7.91. The standard InChI is InChI=1S/C23H28ClN7O4S/c1-13-18(22(35-4)28-12-27-13)31-17(29-30-21(31)15-7-23(8-15)5-6-23)11-36(32,33)14(2)19(34-3)20-25-9-16(24)10-26-20/h9-10,12,14-15,19H,5-8,11H2,1-4H3/t14-,19-/m0/s1. The van der Waals surface area contributed by atoms with E-state index in [1.54, 1.807) is 11.5 Å². The zero-order valence-corrected chi connectivity index (χ0v) is 22.1. The van der Waals surface area contributed by atoms with Crippen molar-refractivity contribution >= 4 is 21.4 Å². The number of sulfone groups is 1. The van der Waals surface area contributed by atoms with Gasteiger partial charge in [-0.15, -0.1) is 10.2 Å². The number of ether oxygens (including phenoxy) is 2. The molecule has 3 aromatic heterocycles. The fraction of sp³-hybridized carbons (Fsp3) is 0.565. The Labute approximate surface area is 214 Å². The van der Waals surface area contributed by atoms with E-state index >= 15 is 0 Å². The lowest BCUT2D eigenvalue weighted by Gasteiger charge is -2.35. The fourth-order valence-corrected chi connectivity index (χ4v) is 6.53. The largest absolute Gasteiger partial charge is 0.479 e. The molecule has 1 spiro atoms. The van der Waals surface area contributed by atoms with E-state index in [4.69, 9.17) is 21.1 Å². The zero-order valence-electron chi connectivity index (χ0n) is 20.5. The molecule has 192 valence electrons. The maximum absolute atomic E-state index is 13.6. The van der Waals surface area contributed by atoms with E-state index in [2.05, 4.69) is 30.1 Å². The van der Waals surface area contributed by atoms with E-state index in [0.29, 0.717) is 33.5 Å². The van der Waals surface area contributed by atoms with Crippen LogP contribution in [0, 0.1) is 12.3 Å². The number of hydrogen-bond donors (Lipinski definition) is 0. The molecule has 13 heteroatoms. The normalized spacial score (nSPS) is 18.6. The van der Waals surface area contributed by atoms with E-state index < -0.39 is 21.2 Å². The summed E-state index contributed by atoms with van der Waals surface area (Å²) in [5, 5.41) is 8.20. The van der Waals surface area contributed by atoms with Gasteiger partial charge in [0.25, 0.3) is 0 Å². The second-order valence-corrected chi connectivity index (χ2v) is 12.5. The number of methoxy groups -OCH3 is 2. The van der Waals surface area contributed by atoms with Gasteiger partial charge in [0.2, 0.25) is 5.88 Å². The minimum Gasteiger partial charge on any atom is -0.479 e. The molecule has 2 atom stereocenters. The van der Waals surface area contributed by atoms with Gasteiger partial charge in [0, 0.05) is 25.4 Å². The molecule has 5 rings (SSSR count). The summed E-state index contributed by atoms with van der Waals surface area (Å²) >= 11 is 5.89. The summed E-state index contributed by atoms with van der Waals surface area (Å²) in [7, 11) is -0.855. The van der Waals surface area contributed by atoms with Crippen molar-refractivity contribution in [2.24, 2.45) is 5.41 Å². The Balaban J connectivity index is 1.52. The second kappa shape index (κ2) is 9.31. The lowest BCUT2D eigenvalue weighted by molar-refractivity contribution is 0.0948. The quantitative estimate of drug-likeness (QED) is 0.403. The maximum Gasteiger partial charge on any atom is 0.241 e. The van der Waals surface area contributed by atoms with Gasteiger partial charge in [-0.3, -0.25) is 4.57 Å². The van der Waals surface area contributed by atoms with Gasteiger partial charge < -0.3 is 9.47 Å². The Morgan fingerprint density at radius 3 is 2.44 bits per heavy atom. The molecule has 0 saturated heterocycles. The highest BCUT2D eigenvalue weighted by atomic mass is 35.5. The zero-order chi connectivity index (χ0) is 25.7. The second-order valence-electron chi connectivity index (χ2n) is 9.66. The summed E-state index contributed by atoms with van der Waals surface area (Å²) in [6.45, 7) is 3.40. The van der Waals surface area contributed by atoms with E-state index in [1.807, 2.05) is 6.92 Å². The predicted octanol–water partition coefficient (Wildman–Crippen LogP) is 3.17.